The Hall–Kier alpha value is -2.57. The summed E-state index contributed by atoms with van der Waals surface area (Å²) in [5, 5.41) is 8.16. The van der Waals surface area contributed by atoms with Crippen molar-refractivity contribution in [3.8, 4) is 17.2 Å². The third-order valence-corrected chi connectivity index (χ3v) is 7.29. The van der Waals surface area contributed by atoms with E-state index in [1.165, 1.54) is 52.5 Å². The number of alkyl halides is 3. The molecule has 0 aliphatic heterocycles. The van der Waals surface area contributed by atoms with E-state index in [0.29, 0.717) is 24.4 Å². The van der Waals surface area contributed by atoms with E-state index in [0.717, 1.165) is 5.56 Å². The molecule has 1 heterocycles. The second-order valence-electron chi connectivity index (χ2n) is 6.47. The van der Waals surface area contributed by atoms with Crippen LogP contribution in [0.2, 0.25) is 0 Å². The number of hydrogen-bond donors (Lipinski definition) is 0. The molecule has 0 radical (unpaired) electrons. The van der Waals surface area contributed by atoms with E-state index < -0.39 is 16.4 Å². The predicted molar refractivity (Wildman–Crippen MR) is 113 cm³/mol. The molecule has 0 spiro atoms. The van der Waals surface area contributed by atoms with Crippen molar-refractivity contribution in [1.82, 2.24) is 14.5 Å². The fourth-order valence-electron chi connectivity index (χ4n) is 2.82. The highest BCUT2D eigenvalue weighted by Gasteiger charge is 2.31. The summed E-state index contributed by atoms with van der Waals surface area (Å²) in [5.41, 5.74) is 1.20. The number of halogens is 3. The van der Waals surface area contributed by atoms with Crippen LogP contribution >= 0.6 is 11.8 Å². The average molecular weight is 488 g/mol. The van der Waals surface area contributed by atoms with Gasteiger partial charge in [-0.2, -0.15) is 4.31 Å². The van der Waals surface area contributed by atoms with Gasteiger partial charge >= 0.3 is 6.36 Å². The van der Waals surface area contributed by atoms with Gasteiger partial charge in [0.05, 0.1) is 4.90 Å². The smallest absolute Gasteiger partial charge is 0.411 e. The minimum absolute atomic E-state index is 0.132. The highest BCUT2D eigenvalue weighted by atomic mass is 32.2. The summed E-state index contributed by atoms with van der Waals surface area (Å²) in [6.45, 7) is 4.24. The van der Waals surface area contributed by atoms with Gasteiger partial charge < -0.3 is 9.15 Å². The first-order valence-corrected chi connectivity index (χ1v) is 12.0. The topological polar surface area (TPSA) is 85.5 Å². The Bertz CT molecular complexity index is 1150. The number of rotatable bonds is 9. The second-order valence-corrected chi connectivity index (χ2v) is 9.34. The van der Waals surface area contributed by atoms with Crippen LogP contribution in [0.4, 0.5) is 13.2 Å². The zero-order chi connectivity index (χ0) is 23.4. The first-order chi connectivity index (χ1) is 15.1. The first-order valence-electron chi connectivity index (χ1n) is 9.54. The van der Waals surface area contributed by atoms with Crippen LogP contribution in [0.3, 0.4) is 0 Å². The lowest BCUT2D eigenvalue weighted by Crippen LogP contribution is -2.30. The molecule has 7 nitrogen and oxygen atoms in total. The molecule has 0 saturated carbocycles. The fraction of sp³-hybridized carbons (Fsp3) is 0.300. The normalized spacial score (nSPS) is 12.3. The van der Waals surface area contributed by atoms with Crippen molar-refractivity contribution in [3.63, 3.8) is 0 Å². The molecular weight excluding hydrogens is 467 g/mol. The van der Waals surface area contributed by atoms with Crippen molar-refractivity contribution in [1.29, 1.82) is 0 Å². The van der Waals surface area contributed by atoms with Gasteiger partial charge in [-0.25, -0.2) is 8.42 Å². The molecule has 3 rings (SSSR count). The van der Waals surface area contributed by atoms with Gasteiger partial charge in [0, 0.05) is 24.4 Å². The van der Waals surface area contributed by atoms with E-state index in [9.17, 15) is 21.6 Å². The molecule has 32 heavy (non-hydrogen) atoms. The van der Waals surface area contributed by atoms with Gasteiger partial charge in [0.15, 0.2) is 0 Å². The minimum Gasteiger partial charge on any atom is -0.411 e. The van der Waals surface area contributed by atoms with E-state index in [1.807, 2.05) is 0 Å². The summed E-state index contributed by atoms with van der Waals surface area (Å²) in [6, 6.07) is 11.7. The van der Waals surface area contributed by atoms with Crippen LogP contribution in [0, 0.1) is 0 Å². The van der Waals surface area contributed by atoms with Crippen LogP contribution in [0.25, 0.3) is 11.5 Å². The predicted octanol–water partition coefficient (Wildman–Crippen LogP) is 4.96. The zero-order valence-electron chi connectivity index (χ0n) is 17.2. The summed E-state index contributed by atoms with van der Waals surface area (Å²) in [6.07, 6.45) is -4.74. The summed E-state index contributed by atoms with van der Waals surface area (Å²) in [4.78, 5) is 0.132. The summed E-state index contributed by atoms with van der Waals surface area (Å²) in [5.74, 6) is 0.244. The van der Waals surface area contributed by atoms with Gasteiger partial charge in [0.25, 0.3) is 5.22 Å². The summed E-state index contributed by atoms with van der Waals surface area (Å²) in [7, 11) is -3.63. The number of ether oxygens (including phenoxy) is 1. The third-order valence-electron chi connectivity index (χ3n) is 4.35. The molecule has 12 heteroatoms. The van der Waals surface area contributed by atoms with Crippen LogP contribution in [0.1, 0.15) is 19.4 Å². The Labute approximate surface area is 187 Å². The minimum atomic E-state index is -4.74. The van der Waals surface area contributed by atoms with Crippen LogP contribution in [-0.2, 0) is 15.8 Å². The maximum absolute atomic E-state index is 12.7. The molecule has 0 bridgehead atoms. The zero-order valence-corrected chi connectivity index (χ0v) is 18.8. The van der Waals surface area contributed by atoms with E-state index in [1.54, 1.807) is 26.0 Å². The highest BCUT2D eigenvalue weighted by molar-refractivity contribution is 7.98. The quantitative estimate of drug-likeness (QED) is 0.395. The standard InChI is InChI=1S/C20H20F3N3O4S2/c1-3-26(4-2)32(27,28)17-7-5-6-15(12-17)18-24-25-19(29-18)31-13-14-8-10-16(11-9-14)30-20(21,22)23/h5-12H,3-4,13H2,1-2H3. The molecule has 0 aliphatic rings. The van der Waals surface area contributed by atoms with Crippen molar-refractivity contribution in [3.05, 3.63) is 54.1 Å². The van der Waals surface area contributed by atoms with Gasteiger partial charge in [0.1, 0.15) is 5.75 Å². The molecule has 3 aromatic rings. The number of nitrogens with zero attached hydrogens (tertiary/aromatic N) is 3. The van der Waals surface area contributed by atoms with Gasteiger partial charge in [-0.15, -0.1) is 23.4 Å². The SMILES string of the molecule is CCN(CC)S(=O)(=O)c1cccc(-c2nnc(SCc3ccc(OC(F)(F)F)cc3)o2)c1. The number of thioether (sulfide) groups is 1. The first kappa shape index (κ1) is 24.1. The lowest BCUT2D eigenvalue weighted by molar-refractivity contribution is -0.274. The second kappa shape index (κ2) is 9.92. The molecule has 1 aromatic heterocycles. The molecule has 0 aliphatic carbocycles. The Kier molecular flexibility index (Phi) is 7.47. The number of hydrogen-bond acceptors (Lipinski definition) is 7. The van der Waals surface area contributed by atoms with Gasteiger partial charge in [-0.05, 0) is 35.9 Å². The largest absolute Gasteiger partial charge is 0.573 e. The Morgan fingerprint density at radius 1 is 1.06 bits per heavy atom. The monoisotopic (exact) mass is 487 g/mol. The molecule has 2 aromatic carbocycles. The molecule has 172 valence electrons. The maximum atomic E-state index is 12.7. The Morgan fingerprint density at radius 2 is 1.75 bits per heavy atom. The van der Waals surface area contributed by atoms with Gasteiger partial charge in [0.2, 0.25) is 15.9 Å². The van der Waals surface area contributed by atoms with Crippen molar-refractivity contribution >= 4 is 21.8 Å². The molecule has 0 saturated heterocycles. The number of sulfonamides is 1. The van der Waals surface area contributed by atoms with Crippen LogP contribution in [-0.4, -0.2) is 42.4 Å². The van der Waals surface area contributed by atoms with E-state index in [-0.39, 0.29) is 21.8 Å². The van der Waals surface area contributed by atoms with Crippen LogP contribution < -0.4 is 4.74 Å². The van der Waals surface area contributed by atoms with Crippen molar-refractivity contribution in [2.24, 2.45) is 0 Å². The number of aromatic nitrogens is 2. The molecular formula is C20H20F3N3O4S2. The third kappa shape index (κ3) is 6.02. The molecule has 0 atom stereocenters. The van der Waals surface area contributed by atoms with E-state index in [4.69, 9.17) is 4.42 Å². The lowest BCUT2D eigenvalue weighted by atomic mass is 10.2. The van der Waals surface area contributed by atoms with Crippen molar-refractivity contribution < 1.29 is 30.7 Å². The maximum Gasteiger partial charge on any atom is 0.573 e. The lowest BCUT2D eigenvalue weighted by Gasteiger charge is -2.18. The molecule has 0 amide bonds. The average Bonchev–Trinajstić information content (AvgIpc) is 3.22. The summed E-state index contributed by atoms with van der Waals surface area (Å²) < 4.78 is 73.0. The van der Waals surface area contributed by atoms with Crippen LogP contribution in [0.5, 0.6) is 5.75 Å². The molecule has 0 unspecified atom stereocenters. The molecule has 0 N–H and O–H groups in total. The highest BCUT2D eigenvalue weighted by Crippen LogP contribution is 2.29. The van der Waals surface area contributed by atoms with E-state index >= 15 is 0 Å². The van der Waals surface area contributed by atoms with E-state index in [2.05, 4.69) is 14.9 Å². The number of benzene rings is 2. The van der Waals surface area contributed by atoms with Crippen molar-refractivity contribution in [2.75, 3.05) is 13.1 Å². The molecule has 0 fully saturated rings. The Morgan fingerprint density at radius 3 is 2.38 bits per heavy atom. The van der Waals surface area contributed by atoms with Gasteiger partial charge in [-0.1, -0.05) is 43.8 Å². The Balaban J connectivity index is 1.69. The fourth-order valence-corrected chi connectivity index (χ4v) is 5.04. The summed E-state index contributed by atoms with van der Waals surface area (Å²) >= 11 is 1.20. The van der Waals surface area contributed by atoms with Crippen LogP contribution in [0.15, 0.2) is 63.1 Å². The van der Waals surface area contributed by atoms with Crippen molar-refractivity contribution in [2.45, 2.75) is 36.1 Å². The van der Waals surface area contributed by atoms with Gasteiger partial charge in [-0.3, -0.25) is 0 Å².